The molecule has 3 rings (SSSR count). The van der Waals surface area contributed by atoms with Crippen LogP contribution in [0.5, 0.6) is 5.88 Å². The van der Waals surface area contributed by atoms with Gasteiger partial charge in [-0.25, -0.2) is 15.0 Å². The number of hydrogen-bond donors (Lipinski definition) is 1. The van der Waals surface area contributed by atoms with Gasteiger partial charge in [-0.05, 0) is 45.7 Å². The van der Waals surface area contributed by atoms with Crippen molar-refractivity contribution in [1.29, 1.82) is 0 Å². The Morgan fingerprint density at radius 1 is 1.17 bits per heavy atom. The molecule has 24 heavy (non-hydrogen) atoms. The van der Waals surface area contributed by atoms with Crippen LogP contribution in [0.3, 0.4) is 0 Å². The van der Waals surface area contributed by atoms with Crippen LogP contribution in [0.4, 0.5) is 11.6 Å². The van der Waals surface area contributed by atoms with E-state index in [2.05, 4.69) is 37.3 Å². The number of ether oxygens (including phenoxy) is 1. The maximum absolute atomic E-state index is 5.73. The zero-order valence-electron chi connectivity index (χ0n) is 14.6. The van der Waals surface area contributed by atoms with E-state index < -0.39 is 0 Å². The van der Waals surface area contributed by atoms with Crippen LogP contribution in [0, 0.1) is 6.92 Å². The Kier molecular flexibility index (Phi) is 5.13. The third-order valence-electron chi connectivity index (χ3n) is 4.05. The van der Waals surface area contributed by atoms with Gasteiger partial charge in [0.05, 0.1) is 6.10 Å². The fraction of sp³-hybridized carbons (Fsp3) is 0.500. The Balaban J connectivity index is 1.60. The van der Waals surface area contributed by atoms with Crippen molar-refractivity contribution < 1.29 is 4.74 Å². The Morgan fingerprint density at radius 2 is 1.92 bits per heavy atom. The molecule has 6 nitrogen and oxygen atoms in total. The van der Waals surface area contributed by atoms with Crippen molar-refractivity contribution in [3.05, 3.63) is 36.3 Å². The van der Waals surface area contributed by atoms with Crippen LogP contribution >= 0.6 is 0 Å². The summed E-state index contributed by atoms with van der Waals surface area (Å²) in [6, 6.07) is 6.55. The first-order valence-electron chi connectivity index (χ1n) is 8.54. The molecule has 0 aliphatic carbocycles. The molecule has 1 N–H and O–H groups in total. The van der Waals surface area contributed by atoms with Gasteiger partial charge < -0.3 is 15.0 Å². The van der Waals surface area contributed by atoms with Crippen LogP contribution in [0.2, 0.25) is 0 Å². The van der Waals surface area contributed by atoms with E-state index in [1.807, 2.05) is 26.8 Å². The van der Waals surface area contributed by atoms with Gasteiger partial charge >= 0.3 is 0 Å². The molecule has 0 bridgehead atoms. The van der Waals surface area contributed by atoms with E-state index in [0.29, 0.717) is 11.9 Å². The average Bonchev–Trinajstić information content (AvgIpc) is 2.57. The second kappa shape index (κ2) is 7.47. The third-order valence-corrected chi connectivity index (χ3v) is 4.05. The van der Waals surface area contributed by atoms with Crippen molar-refractivity contribution >= 4 is 11.6 Å². The van der Waals surface area contributed by atoms with Crippen molar-refractivity contribution in [3.63, 3.8) is 0 Å². The van der Waals surface area contributed by atoms with E-state index in [-0.39, 0.29) is 6.10 Å². The van der Waals surface area contributed by atoms with Crippen molar-refractivity contribution in [1.82, 2.24) is 15.0 Å². The third kappa shape index (κ3) is 4.13. The summed E-state index contributed by atoms with van der Waals surface area (Å²) < 4.78 is 5.73. The molecule has 0 amide bonds. The van der Waals surface area contributed by atoms with E-state index in [1.165, 1.54) is 0 Å². The number of aromatic nitrogens is 3. The molecule has 1 aliphatic rings. The SMILES string of the molecule is Cc1cccc(N2CCC(Nc3nccnc3OC(C)C)CC2)n1. The first kappa shape index (κ1) is 16.5. The predicted octanol–water partition coefficient (Wildman–Crippen LogP) is 3.05. The molecule has 1 fully saturated rings. The summed E-state index contributed by atoms with van der Waals surface area (Å²) in [6.07, 6.45) is 5.51. The standard InChI is InChI=1S/C18H25N5O/c1-13(2)24-18-17(19-9-10-20-18)22-15-7-11-23(12-8-15)16-6-4-5-14(3)21-16/h4-6,9-10,13,15H,7-8,11-12H2,1-3H3,(H,19,22). The fourth-order valence-corrected chi connectivity index (χ4v) is 2.88. The number of rotatable bonds is 5. The zero-order chi connectivity index (χ0) is 16.9. The molecular weight excluding hydrogens is 302 g/mol. The lowest BCUT2D eigenvalue weighted by Crippen LogP contribution is -2.39. The smallest absolute Gasteiger partial charge is 0.257 e. The second-order valence-electron chi connectivity index (χ2n) is 6.42. The Morgan fingerprint density at radius 3 is 2.62 bits per heavy atom. The maximum atomic E-state index is 5.73. The summed E-state index contributed by atoms with van der Waals surface area (Å²) in [5, 5.41) is 3.49. The van der Waals surface area contributed by atoms with E-state index in [9.17, 15) is 0 Å². The molecule has 0 radical (unpaired) electrons. The molecule has 1 saturated heterocycles. The molecule has 1 aliphatic heterocycles. The van der Waals surface area contributed by atoms with Gasteiger partial charge in [0.15, 0.2) is 5.82 Å². The van der Waals surface area contributed by atoms with Gasteiger partial charge in [-0.3, -0.25) is 0 Å². The summed E-state index contributed by atoms with van der Waals surface area (Å²) in [6.45, 7) is 7.98. The molecule has 0 unspecified atom stereocenters. The number of nitrogens with one attached hydrogen (secondary N) is 1. The second-order valence-corrected chi connectivity index (χ2v) is 6.42. The highest BCUT2D eigenvalue weighted by Gasteiger charge is 2.22. The van der Waals surface area contributed by atoms with Crippen LogP contribution in [0.1, 0.15) is 32.4 Å². The quantitative estimate of drug-likeness (QED) is 0.911. The van der Waals surface area contributed by atoms with Crippen molar-refractivity contribution in [2.24, 2.45) is 0 Å². The first-order valence-corrected chi connectivity index (χ1v) is 8.54. The van der Waals surface area contributed by atoms with E-state index in [0.717, 1.165) is 43.3 Å². The normalized spacial score (nSPS) is 15.6. The lowest BCUT2D eigenvalue weighted by Gasteiger charge is -2.33. The van der Waals surface area contributed by atoms with Crippen LogP contribution in [-0.4, -0.2) is 40.2 Å². The van der Waals surface area contributed by atoms with Gasteiger partial charge in [-0.1, -0.05) is 6.07 Å². The van der Waals surface area contributed by atoms with Gasteiger partial charge in [0.2, 0.25) is 0 Å². The van der Waals surface area contributed by atoms with Gasteiger partial charge in [0.25, 0.3) is 5.88 Å². The molecule has 0 spiro atoms. The van der Waals surface area contributed by atoms with Crippen molar-refractivity contribution in [2.75, 3.05) is 23.3 Å². The van der Waals surface area contributed by atoms with Crippen molar-refractivity contribution in [3.8, 4) is 5.88 Å². The molecule has 128 valence electrons. The summed E-state index contributed by atoms with van der Waals surface area (Å²) in [4.78, 5) is 15.6. The number of aryl methyl sites for hydroxylation is 1. The molecule has 2 aromatic heterocycles. The number of pyridine rings is 1. The lowest BCUT2D eigenvalue weighted by atomic mass is 10.1. The van der Waals surface area contributed by atoms with Gasteiger partial charge in [0.1, 0.15) is 5.82 Å². The van der Waals surface area contributed by atoms with E-state index in [4.69, 9.17) is 4.74 Å². The summed E-state index contributed by atoms with van der Waals surface area (Å²) >= 11 is 0. The molecule has 0 aromatic carbocycles. The molecule has 0 atom stereocenters. The van der Waals surface area contributed by atoms with Gasteiger partial charge in [-0.15, -0.1) is 0 Å². The maximum Gasteiger partial charge on any atom is 0.257 e. The molecule has 0 saturated carbocycles. The Bertz CT molecular complexity index is 668. The summed E-state index contributed by atoms with van der Waals surface area (Å²) in [5.41, 5.74) is 1.06. The number of anilines is 2. The topological polar surface area (TPSA) is 63.2 Å². The Labute approximate surface area is 143 Å². The fourth-order valence-electron chi connectivity index (χ4n) is 2.88. The van der Waals surface area contributed by atoms with Crippen molar-refractivity contribution in [2.45, 2.75) is 45.8 Å². The lowest BCUT2D eigenvalue weighted by molar-refractivity contribution is 0.233. The summed E-state index contributed by atoms with van der Waals surface area (Å²) in [5.74, 6) is 2.38. The van der Waals surface area contributed by atoms with E-state index >= 15 is 0 Å². The largest absolute Gasteiger partial charge is 0.472 e. The van der Waals surface area contributed by atoms with Crippen LogP contribution in [0.15, 0.2) is 30.6 Å². The molecule has 6 heteroatoms. The number of nitrogens with zero attached hydrogens (tertiary/aromatic N) is 4. The van der Waals surface area contributed by atoms with Crippen LogP contribution in [-0.2, 0) is 0 Å². The zero-order valence-corrected chi connectivity index (χ0v) is 14.6. The highest BCUT2D eigenvalue weighted by molar-refractivity contribution is 5.46. The minimum Gasteiger partial charge on any atom is -0.472 e. The highest BCUT2D eigenvalue weighted by atomic mass is 16.5. The predicted molar refractivity (Wildman–Crippen MR) is 95.6 cm³/mol. The molecule has 3 heterocycles. The molecular formula is C18H25N5O. The van der Waals surface area contributed by atoms with Gasteiger partial charge in [-0.2, -0.15) is 0 Å². The minimum absolute atomic E-state index is 0.0801. The average molecular weight is 327 g/mol. The number of hydrogen-bond acceptors (Lipinski definition) is 6. The summed E-state index contributed by atoms with van der Waals surface area (Å²) in [7, 11) is 0. The van der Waals surface area contributed by atoms with Gasteiger partial charge in [0, 0.05) is 37.2 Å². The number of piperidine rings is 1. The first-order chi connectivity index (χ1) is 11.6. The Hall–Kier alpha value is -2.37. The van der Waals surface area contributed by atoms with E-state index in [1.54, 1.807) is 12.4 Å². The highest BCUT2D eigenvalue weighted by Crippen LogP contribution is 2.24. The van der Waals surface area contributed by atoms with Crippen LogP contribution in [0.25, 0.3) is 0 Å². The monoisotopic (exact) mass is 327 g/mol. The minimum atomic E-state index is 0.0801. The molecule has 2 aromatic rings. The van der Waals surface area contributed by atoms with Crippen LogP contribution < -0.4 is 15.0 Å².